The van der Waals surface area contributed by atoms with Gasteiger partial charge in [-0.05, 0) is 44.7 Å². The van der Waals surface area contributed by atoms with Crippen molar-refractivity contribution in [2.24, 2.45) is 0 Å². The second-order valence-corrected chi connectivity index (χ2v) is 4.79. The highest BCUT2D eigenvalue weighted by molar-refractivity contribution is 5.27. The van der Waals surface area contributed by atoms with E-state index in [0.717, 1.165) is 19.3 Å². The van der Waals surface area contributed by atoms with Gasteiger partial charge < -0.3 is 10.4 Å². The number of aryl methyl sites for hydroxylation is 1. The standard InChI is InChI=1S/C13H20N2O/c1-9(8-10(2)16)15-12-6-5-11-4-3-7-14-13(11)12/h3-4,7,9-10,12,15-16H,5-6,8H2,1-2H3. The fourth-order valence-corrected chi connectivity index (χ4v) is 2.50. The summed E-state index contributed by atoms with van der Waals surface area (Å²) < 4.78 is 0. The Morgan fingerprint density at radius 2 is 2.38 bits per heavy atom. The molecule has 2 N–H and O–H groups in total. The third kappa shape index (κ3) is 2.60. The molecular weight excluding hydrogens is 200 g/mol. The summed E-state index contributed by atoms with van der Waals surface area (Å²) >= 11 is 0. The van der Waals surface area contributed by atoms with Crippen molar-refractivity contribution >= 4 is 0 Å². The average Bonchev–Trinajstić information content (AvgIpc) is 2.61. The molecule has 1 aromatic rings. The Hall–Kier alpha value is -0.930. The van der Waals surface area contributed by atoms with E-state index in [9.17, 15) is 5.11 Å². The quantitative estimate of drug-likeness (QED) is 0.813. The molecule has 0 aliphatic heterocycles. The van der Waals surface area contributed by atoms with E-state index in [0.29, 0.717) is 12.1 Å². The zero-order chi connectivity index (χ0) is 11.5. The van der Waals surface area contributed by atoms with Crippen molar-refractivity contribution in [3.63, 3.8) is 0 Å². The first-order valence-corrected chi connectivity index (χ1v) is 6.04. The van der Waals surface area contributed by atoms with Crippen LogP contribution in [-0.4, -0.2) is 22.2 Å². The highest BCUT2D eigenvalue weighted by Gasteiger charge is 2.24. The second kappa shape index (κ2) is 4.93. The Bertz CT molecular complexity index is 352. The monoisotopic (exact) mass is 220 g/mol. The van der Waals surface area contributed by atoms with Gasteiger partial charge in [-0.1, -0.05) is 6.07 Å². The SMILES string of the molecule is CC(O)CC(C)NC1CCc2cccnc21. The van der Waals surface area contributed by atoms with Crippen LogP contribution in [0.15, 0.2) is 18.3 Å². The Morgan fingerprint density at radius 3 is 3.12 bits per heavy atom. The summed E-state index contributed by atoms with van der Waals surface area (Å²) in [5.41, 5.74) is 2.56. The lowest BCUT2D eigenvalue weighted by atomic mass is 10.1. The van der Waals surface area contributed by atoms with Crippen molar-refractivity contribution in [1.29, 1.82) is 0 Å². The highest BCUT2D eigenvalue weighted by Crippen LogP contribution is 2.29. The first kappa shape index (κ1) is 11.6. The number of aromatic nitrogens is 1. The van der Waals surface area contributed by atoms with Crippen LogP contribution < -0.4 is 5.32 Å². The minimum atomic E-state index is -0.243. The van der Waals surface area contributed by atoms with Crippen LogP contribution in [0.4, 0.5) is 0 Å². The van der Waals surface area contributed by atoms with Crippen LogP contribution in [0.1, 0.15) is 44.0 Å². The summed E-state index contributed by atoms with van der Waals surface area (Å²) in [6, 6.07) is 4.85. The number of nitrogens with one attached hydrogen (secondary N) is 1. The van der Waals surface area contributed by atoms with Crippen molar-refractivity contribution in [2.75, 3.05) is 0 Å². The zero-order valence-electron chi connectivity index (χ0n) is 9.98. The van der Waals surface area contributed by atoms with Gasteiger partial charge in [0, 0.05) is 12.2 Å². The van der Waals surface area contributed by atoms with Gasteiger partial charge in [-0.25, -0.2) is 0 Å². The van der Waals surface area contributed by atoms with Gasteiger partial charge in [-0.15, -0.1) is 0 Å². The average molecular weight is 220 g/mol. The molecule has 1 aromatic heterocycles. The smallest absolute Gasteiger partial charge is 0.0605 e. The number of hydrogen-bond donors (Lipinski definition) is 2. The topological polar surface area (TPSA) is 45.1 Å². The molecule has 2 rings (SSSR count). The molecule has 0 spiro atoms. The maximum Gasteiger partial charge on any atom is 0.0605 e. The van der Waals surface area contributed by atoms with Crippen molar-refractivity contribution in [3.05, 3.63) is 29.6 Å². The summed E-state index contributed by atoms with van der Waals surface area (Å²) in [5.74, 6) is 0. The number of pyridine rings is 1. The number of aliphatic hydroxyl groups excluding tert-OH is 1. The van der Waals surface area contributed by atoms with Crippen LogP contribution >= 0.6 is 0 Å². The molecule has 0 saturated carbocycles. The van der Waals surface area contributed by atoms with E-state index in [-0.39, 0.29) is 6.10 Å². The first-order chi connectivity index (χ1) is 7.66. The van der Waals surface area contributed by atoms with Crippen LogP contribution in [0.2, 0.25) is 0 Å². The molecule has 0 aromatic carbocycles. The van der Waals surface area contributed by atoms with Crippen molar-refractivity contribution in [1.82, 2.24) is 10.3 Å². The number of rotatable bonds is 4. The van der Waals surface area contributed by atoms with E-state index in [4.69, 9.17) is 0 Å². The van der Waals surface area contributed by atoms with Crippen LogP contribution in [0.3, 0.4) is 0 Å². The lowest BCUT2D eigenvalue weighted by Gasteiger charge is -2.20. The predicted molar refractivity (Wildman–Crippen MR) is 64.2 cm³/mol. The molecule has 0 radical (unpaired) electrons. The Balaban J connectivity index is 1.98. The third-order valence-electron chi connectivity index (χ3n) is 3.14. The van der Waals surface area contributed by atoms with Gasteiger partial charge in [0.15, 0.2) is 0 Å². The van der Waals surface area contributed by atoms with Crippen LogP contribution in [-0.2, 0) is 6.42 Å². The predicted octanol–water partition coefficient (Wildman–Crippen LogP) is 1.82. The molecule has 0 bridgehead atoms. The molecule has 3 unspecified atom stereocenters. The number of nitrogens with zero attached hydrogens (tertiary/aromatic N) is 1. The third-order valence-corrected chi connectivity index (χ3v) is 3.14. The lowest BCUT2D eigenvalue weighted by molar-refractivity contribution is 0.167. The summed E-state index contributed by atoms with van der Waals surface area (Å²) in [7, 11) is 0. The maximum atomic E-state index is 9.34. The van der Waals surface area contributed by atoms with Crippen molar-refractivity contribution < 1.29 is 5.11 Å². The number of fused-ring (bicyclic) bond motifs is 1. The largest absolute Gasteiger partial charge is 0.393 e. The first-order valence-electron chi connectivity index (χ1n) is 6.04. The van der Waals surface area contributed by atoms with E-state index < -0.39 is 0 Å². The van der Waals surface area contributed by atoms with E-state index in [1.807, 2.05) is 19.2 Å². The zero-order valence-corrected chi connectivity index (χ0v) is 9.98. The second-order valence-electron chi connectivity index (χ2n) is 4.79. The molecule has 3 atom stereocenters. The van der Waals surface area contributed by atoms with Crippen molar-refractivity contribution in [2.45, 2.75) is 51.3 Å². The maximum absolute atomic E-state index is 9.34. The molecule has 1 aliphatic carbocycles. The Labute approximate surface area is 96.9 Å². The number of hydrogen-bond acceptors (Lipinski definition) is 3. The van der Waals surface area contributed by atoms with Gasteiger partial charge in [0.2, 0.25) is 0 Å². The minimum Gasteiger partial charge on any atom is -0.393 e. The molecule has 16 heavy (non-hydrogen) atoms. The molecule has 0 amide bonds. The Kier molecular flexibility index (Phi) is 3.56. The van der Waals surface area contributed by atoms with Gasteiger partial charge >= 0.3 is 0 Å². The molecule has 3 nitrogen and oxygen atoms in total. The van der Waals surface area contributed by atoms with Crippen LogP contribution in [0, 0.1) is 0 Å². The summed E-state index contributed by atoms with van der Waals surface area (Å²) in [5, 5.41) is 12.9. The van der Waals surface area contributed by atoms with E-state index in [1.165, 1.54) is 11.3 Å². The molecule has 1 heterocycles. The fraction of sp³-hybridized carbons (Fsp3) is 0.615. The van der Waals surface area contributed by atoms with Crippen molar-refractivity contribution in [3.8, 4) is 0 Å². The fourth-order valence-electron chi connectivity index (χ4n) is 2.50. The highest BCUT2D eigenvalue weighted by atomic mass is 16.3. The lowest BCUT2D eigenvalue weighted by Crippen LogP contribution is -2.32. The van der Waals surface area contributed by atoms with Gasteiger partial charge in [0.25, 0.3) is 0 Å². The van der Waals surface area contributed by atoms with Gasteiger partial charge in [0.05, 0.1) is 17.8 Å². The van der Waals surface area contributed by atoms with Gasteiger partial charge in [-0.3, -0.25) is 4.98 Å². The normalized spacial score (nSPS) is 22.8. The Morgan fingerprint density at radius 1 is 1.56 bits per heavy atom. The molecule has 88 valence electrons. The summed E-state index contributed by atoms with van der Waals surface area (Å²) in [4.78, 5) is 4.45. The minimum absolute atomic E-state index is 0.243. The van der Waals surface area contributed by atoms with Gasteiger partial charge in [0.1, 0.15) is 0 Å². The molecule has 3 heteroatoms. The van der Waals surface area contributed by atoms with E-state index in [2.05, 4.69) is 23.3 Å². The summed E-state index contributed by atoms with van der Waals surface area (Å²) in [6.45, 7) is 3.95. The van der Waals surface area contributed by atoms with E-state index >= 15 is 0 Å². The van der Waals surface area contributed by atoms with Crippen LogP contribution in [0.5, 0.6) is 0 Å². The van der Waals surface area contributed by atoms with Crippen LogP contribution in [0.25, 0.3) is 0 Å². The van der Waals surface area contributed by atoms with Gasteiger partial charge in [-0.2, -0.15) is 0 Å². The molecular formula is C13H20N2O. The molecule has 0 saturated heterocycles. The van der Waals surface area contributed by atoms with E-state index in [1.54, 1.807) is 0 Å². The molecule has 1 aliphatic rings. The molecule has 0 fully saturated rings. The summed E-state index contributed by atoms with van der Waals surface area (Å²) in [6.07, 6.45) is 4.64. The number of aliphatic hydroxyl groups is 1.